The Morgan fingerprint density at radius 3 is 2.54 bits per heavy atom. The van der Waals surface area contributed by atoms with E-state index in [1.807, 2.05) is 6.92 Å². The monoisotopic (exact) mass is 182 g/mol. The molecule has 0 saturated carbocycles. The van der Waals surface area contributed by atoms with Crippen molar-refractivity contribution >= 4 is 0 Å². The highest BCUT2D eigenvalue weighted by Crippen LogP contribution is 1.90. The number of rotatable bonds is 6. The molecule has 0 fully saturated rings. The second-order valence-electron chi connectivity index (χ2n) is 3.50. The molecule has 0 spiro atoms. The highest BCUT2D eigenvalue weighted by molar-refractivity contribution is 4.95. The number of nitrogens with one attached hydrogen (secondary N) is 1. The normalized spacial score (nSPS) is 10.3. The maximum absolute atomic E-state index is 3.36. The van der Waals surface area contributed by atoms with Crippen molar-refractivity contribution in [3.05, 3.63) is 0 Å². The largest absolute Gasteiger partial charge is 0.315 e. The minimum atomic E-state index is 0.636. The third-order valence-electron chi connectivity index (χ3n) is 2.13. The van der Waals surface area contributed by atoms with Crippen LogP contribution in [0.25, 0.3) is 0 Å². The topological polar surface area (TPSA) is 15.3 Å². The maximum Gasteiger partial charge on any atom is 0.0214 e. The lowest BCUT2D eigenvalue weighted by Gasteiger charge is -2.20. The predicted molar refractivity (Wildman–Crippen MR) is 58.7 cm³/mol. The SMILES string of the molecule is CC#CCCNCCN(C)C(C)C. The molecule has 0 radical (unpaired) electrons. The predicted octanol–water partition coefficient (Wildman–Crippen LogP) is 1.33. The summed E-state index contributed by atoms with van der Waals surface area (Å²) in [4.78, 5) is 2.33. The summed E-state index contributed by atoms with van der Waals surface area (Å²) < 4.78 is 0. The molecule has 0 atom stereocenters. The van der Waals surface area contributed by atoms with Crippen LogP contribution in [0.4, 0.5) is 0 Å². The van der Waals surface area contributed by atoms with Crippen LogP contribution in [0, 0.1) is 11.8 Å². The van der Waals surface area contributed by atoms with E-state index in [2.05, 4.69) is 43.0 Å². The molecule has 0 unspecified atom stereocenters. The fraction of sp³-hybridized carbons (Fsp3) is 0.818. The summed E-state index contributed by atoms with van der Waals surface area (Å²) in [7, 11) is 2.15. The molecule has 13 heavy (non-hydrogen) atoms. The van der Waals surface area contributed by atoms with Crippen molar-refractivity contribution in [2.24, 2.45) is 0 Å². The number of hydrogen-bond donors (Lipinski definition) is 1. The Bertz CT molecular complexity index is 165. The molecular formula is C11H22N2. The minimum Gasteiger partial charge on any atom is -0.315 e. The number of nitrogens with zero attached hydrogens (tertiary/aromatic N) is 1. The van der Waals surface area contributed by atoms with Gasteiger partial charge in [0.25, 0.3) is 0 Å². The lowest BCUT2D eigenvalue weighted by atomic mass is 10.3. The van der Waals surface area contributed by atoms with Gasteiger partial charge in [-0.25, -0.2) is 0 Å². The van der Waals surface area contributed by atoms with Gasteiger partial charge in [-0.05, 0) is 27.8 Å². The van der Waals surface area contributed by atoms with E-state index in [9.17, 15) is 0 Å². The van der Waals surface area contributed by atoms with Crippen LogP contribution in [-0.4, -0.2) is 37.6 Å². The lowest BCUT2D eigenvalue weighted by molar-refractivity contribution is 0.274. The molecule has 0 aliphatic heterocycles. The van der Waals surface area contributed by atoms with E-state index in [-0.39, 0.29) is 0 Å². The first kappa shape index (κ1) is 12.5. The molecule has 76 valence electrons. The summed E-state index contributed by atoms with van der Waals surface area (Å²) >= 11 is 0. The smallest absolute Gasteiger partial charge is 0.0214 e. The summed E-state index contributed by atoms with van der Waals surface area (Å²) in [6.07, 6.45) is 0.960. The van der Waals surface area contributed by atoms with Gasteiger partial charge in [-0.3, -0.25) is 0 Å². The summed E-state index contributed by atoms with van der Waals surface area (Å²) in [6, 6.07) is 0.636. The molecule has 0 aliphatic carbocycles. The molecule has 0 aromatic carbocycles. The van der Waals surface area contributed by atoms with Crippen LogP contribution in [0.5, 0.6) is 0 Å². The zero-order valence-corrected chi connectivity index (χ0v) is 9.35. The molecule has 0 aliphatic rings. The van der Waals surface area contributed by atoms with Crippen molar-refractivity contribution in [3.63, 3.8) is 0 Å². The Hall–Kier alpha value is -0.520. The van der Waals surface area contributed by atoms with Crippen LogP contribution in [0.1, 0.15) is 27.2 Å². The van der Waals surface area contributed by atoms with Crippen LogP contribution in [0.15, 0.2) is 0 Å². The Balaban J connectivity index is 3.19. The molecule has 0 saturated heterocycles. The van der Waals surface area contributed by atoms with Crippen LogP contribution < -0.4 is 5.32 Å². The van der Waals surface area contributed by atoms with Gasteiger partial charge in [-0.2, -0.15) is 0 Å². The quantitative estimate of drug-likeness (QED) is 0.492. The van der Waals surface area contributed by atoms with Crippen molar-refractivity contribution in [1.29, 1.82) is 0 Å². The molecule has 0 aromatic heterocycles. The van der Waals surface area contributed by atoms with Crippen LogP contribution >= 0.6 is 0 Å². The van der Waals surface area contributed by atoms with Crippen molar-refractivity contribution in [2.45, 2.75) is 33.2 Å². The fourth-order valence-electron chi connectivity index (χ4n) is 0.914. The van der Waals surface area contributed by atoms with Crippen molar-refractivity contribution in [3.8, 4) is 11.8 Å². The van der Waals surface area contributed by atoms with Crippen LogP contribution in [-0.2, 0) is 0 Å². The maximum atomic E-state index is 3.36. The van der Waals surface area contributed by atoms with E-state index in [0.29, 0.717) is 6.04 Å². The molecule has 1 N–H and O–H groups in total. The molecule has 0 aromatic rings. The van der Waals surface area contributed by atoms with E-state index < -0.39 is 0 Å². The van der Waals surface area contributed by atoms with Gasteiger partial charge in [-0.1, -0.05) is 0 Å². The average Bonchev–Trinajstić information content (AvgIpc) is 2.10. The van der Waals surface area contributed by atoms with Crippen molar-refractivity contribution < 1.29 is 0 Å². The van der Waals surface area contributed by atoms with E-state index in [1.165, 1.54) is 0 Å². The molecule has 0 amide bonds. The van der Waals surface area contributed by atoms with Crippen LogP contribution in [0.3, 0.4) is 0 Å². The Labute approximate surface area is 82.7 Å². The standard InChI is InChI=1S/C11H22N2/c1-5-6-7-8-12-9-10-13(4)11(2)3/h11-12H,7-10H2,1-4H3. The van der Waals surface area contributed by atoms with Gasteiger partial charge in [0.2, 0.25) is 0 Å². The third kappa shape index (κ3) is 7.83. The number of hydrogen-bond acceptors (Lipinski definition) is 2. The van der Waals surface area contributed by atoms with Crippen molar-refractivity contribution in [2.75, 3.05) is 26.7 Å². The molecular weight excluding hydrogens is 160 g/mol. The van der Waals surface area contributed by atoms with Gasteiger partial charge in [0, 0.05) is 32.1 Å². The summed E-state index contributed by atoms with van der Waals surface area (Å²) in [5.74, 6) is 5.92. The lowest BCUT2D eigenvalue weighted by Crippen LogP contribution is -2.33. The van der Waals surface area contributed by atoms with Crippen LogP contribution in [0.2, 0.25) is 0 Å². The highest BCUT2D eigenvalue weighted by atomic mass is 15.1. The summed E-state index contributed by atoms with van der Waals surface area (Å²) in [6.45, 7) is 9.47. The van der Waals surface area contributed by atoms with Gasteiger partial charge < -0.3 is 10.2 Å². The second kappa shape index (κ2) is 8.10. The van der Waals surface area contributed by atoms with E-state index in [4.69, 9.17) is 0 Å². The Kier molecular flexibility index (Phi) is 7.77. The molecule has 0 heterocycles. The zero-order valence-electron chi connectivity index (χ0n) is 9.35. The van der Waals surface area contributed by atoms with Gasteiger partial charge >= 0.3 is 0 Å². The van der Waals surface area contributed by atoms with Gasteiger partial charge in [0.15, 0.2) is 0 Å². The first-order valence-electron chi connectivity index (χ1n) is 4.99. The van der Waals surface area contributed by atoms with Gasteiger partial charge in [0.1, 0.15) is 0 Å². The van der Waals surface area contributed by atoms with E-state index in [0.717, 1.165) is 26.1 Å². The molecule has 0 bridgehead atoms. The van der Waals surface area contributed by atoms with Crippen molar-refractivity contribution in [1.82, 2.24) is 10.2 Å². The zero-order chi connectivity index (χ0) is 10.1. The van der Waals surface area contributed by atoms with Gasteiger partial charge in [0.05, 0.1) is 0 Å². The third-order valence-corrected chi connectivity index (χ3v) is 2.13. The van der Waals surface area contributed by atoms with E-state index >= 15 is 0 Å². The first-order valence-corrected chi connectivity index (χ1v) is 4.99. The summed E-state index contributed by atoms with van der Waals surface area (Å²) in [5, 5.41) is 3.36. The highest BCUT2D eigenvalue weighted by Gasteiger charge is 2.00. The fourth-order valence-corrected chi connectivity index (χ4v) is 0.914. The molecule has 2 nitrogen and oxygen atoms in total. The summed E-state index contributed by atoms with van der Waals surface area (Å²) in [5.41, 5.74) is 0. The van der Waals surface area contributed by atoms with E-state index in [1.54, 1.807) is 0 Å². The van der Waals surface area contributed by atoms with Gasteiger partial charge in [-0.15, -0.1) is 11.8 Å². The molecule has 0 rings (SSSR count). The Morgan fingerprint density at radius 1 is 1.31 bits per heavy atom. The molecule has 2 heteroatoms. The average molecular weight is 182 g/mol. The Morgan fingerprint density at radius 2 is 2.00 bits per heavy atom. The minimum absolute atomic E-state index is 0.636. The number of likely N-dealkylation sites (N-methyl/N-ethyl adjacent to an activating group) is 1. The first-order chi connectivity index (χ1) is 6.18. The second-order valence-corrected chi connectivity index (χ2v) is 3.50.